The SMILES string of the molecule is CCC(=O)Sc1ccc(C(=O)O)cc1. The maximum Gasteiger partial charge on any atom is 0.335 e. The fraction of sp³-hybridized carbons (Fsp3) is 0.200. The summed E-state index contributed by atoms with van der Waals surface area (Å²) in [6.07, 6.45) is 0.478. The van der Waals surface area contributed by atoms with Gasteiger partial charge in [-0.05, 0) is 24.3 Å². The third-order valence-corrected chi connectivity index (χ3v) is 2.65. The predicted molar refractivity (Wildman–Crippen MR) is 54.6 cm³/mol. The van der Waals surface area contributed by atoms with Crippen LogP contribution in [0.2, 0.25) is 0 Å². The topological polar surface area (TPSA) is 54.4 Å². The van der Waals surface area contributed by atoms with Gasteiger partial charge < -0.3 is 5.11 Å². The second kappa shape index (κ2) is 4.81. The summed E-state index contributed by atoms with van der Waals surface area (Å²) in [5.41, 5.74) is 0.235. The molecular weight excluding hydrogens is 200 g/mol. The van der Waals surface area contributed by atoms with Crippen LogP contribution in [-0.4, -0.2) is 16.2 Å². The summed E-state index contributed by atoms with van der Waals surface area (Å²) in [5.74, 6) is -0.955. The number of benzene rings is 1. The van der Waals surface area contributed by atoms with Gasteiger partial charge in [0, 0.05) is 11.3 Å². The summed E-state index contributed by atoms with van der Waals surface area (Å²) in [6.45, 7) is 1.79. The zero-order valence-corrected chi connectivity index (χ0v) is 8.50. The zero-order chi connectivity index (χ0) is 10.6. The number of carbonyl (C=O) groups excluding carboxylic acids is 1. The highest BCUT2D eigenvalue weighted by Crippen LogP contribution is 2.20. The van der Waals surface area contributed by atoms with Gasteiger partial charge in [-0.2, -0.15) is 0 Å². The smallest absolute Gasteiger partial charge is 0.335 e. The monoisotopic (exact) mass is 210 g/mol. The Morgan fingerprint density at radius 2 is 1.86 bits per heavy atom. The van der Waals surface area contributed by atoms with Crippen LogP contribution in [0, 0.1) is 0 Å². The molecule has 0 aliphatic carbocycles. The Balaban J connectivity index is 2.73. The molecule has 1 aromatic carbocycles. The minimum Gasteiger partial charge on any atom is -0.478 e. The highest BCUT2D eigenvalue weighted by Gasteiger charge is 2.04. The highest BCUT2D eigenvalue weighted by molar-refractivity contribution is 8.13. The fourth-order valence-corrected chi connectivity index (χ4v) is 1.55. The van der Waals surface area contributed by atoms with Crippen LogP contribution in [-0.2, 0) is 4.79 Å². The van der Waals surface area contributed by atoms with Crippen LogP contribution in [0.1, 0.15) is 23.7 Å². The molecule has 0 unspecified atom stereocenters. The van der Waals surface area contributed by atoms with Gasteiger partial charge in [0.25, 0.3) is 0 Å². The number of rotatable bonds is 3. The van der Waals surface area contributed by atoms with Crippen molar-refractivity contribution in [3.8, 4) is 0 Å². The van der Waals surface area contributed by atoms with Crippen LogP contribution in [0.3, 0.4) is 0 Å². The van der Waals surface area contributed by atoms with Crippen molar-refractivity contribution < 1.29 is 14.7 Å². The van der Waals surface area contributed by atoms with Crippen LogP contribution in [0.4, 0.5) is 0 Å². The van der Waals surface area contributed by atoms with E-state index in [9.17, 15) is 9.59 Å². The molecule has 0 aromatic heterocycles. The molecule has 0 amide bonds. The molecule has 0 aliphatic heterocycles. The molecule has 1 rings (SSSR count). The van der Waals surface area contributed by atoms with Crippen LogP contribution in [0.15, 0.2) is 29.2 Å². The van der Waals surface area contributed by atoms with E-state index in [4.69, 9.17) is 5.11 Å². The average molecular weight is 210 g/mol. The number of carbonyl (C=O) groups is 2. The minimum absolute atomic E-state index is 0.0769. The van der Waals surface area contributed by atoms with E-state index in [1.165, 1.54) is 12.1 Å². The Labute approximate surface area is 86.1 Å². The molecule has 0 saturated heterocycles. The van der Waals surface area contributed by atoms with Crippen molar-refractivity contribution >= 4 is 22.8 Å². The molecule has 0 atom stereocenters. The van der Waals surface area contributed by atoms with Crippen molar-refractivity contribution in [2.45, 2.75) is 18.2 Å². The Morgan fingerprint density at radius 1 is 1.29 bits per heavy atom. The van der Waals surface area contributed by atoms with Crippen molar-refractivity contribution in [1.82, 2.24) is 0 Å². The van der Waals surface area contributed by atoms with Gasteiger partial charge in [-0.3, -0.25) is 4.79 Å². The van der Waals surface area contributed by atoms with Crippen molar-refractivity contribution in [2.75, 3.05) is 0 Å². The number of carboxylic acid groups (broad SMARTS) is 1. The third kappa shape index (κ3) is 2.88. The minimum atomic E-state index is -0.955. The molecule has 3 nitrogen and oxygen atoms in total. The summed E-state index contributed by atoms with van der Waals surface area (Å²) < 4.78 is 0. The van der Waals surface area contributed by atoms with Crippen LogP contribution >= 0.6 is 11.8 Å². The number of hydrogen-bond donors (Lipinski definition) is 1. The summed E-state index contributed by atoms with van der Waals surface area (Å²) in [4.78, 5) is 22.3. The molecule has 74 valence electrons. The fourth-order valence-electron chi connectivity index (χ4n) is 0.869. The molecule has 1 aromatic rings. The normalized spacial score (nSPS) is 9.79. The van der Waals surface area contributed by atoms with E-state index in [0.29, 0.717) is 6.42 Å². The van der Waals surface area contributed by atoms with Gasteiger partial charge in [-0.15, -0.1) is 0 Å². The van der Waals surface area contributed by atoms with E-state index in [1.807, 2.05) is 0 Å². The van der Waals surface area contributed by atoms with E-state index in [-0.39, 0.29) is 10.7 Å². The predicted octanol–water partition coefficient (Wildman–Crippen LogP) is 2.41. The lowest BCUT2D eigenvalue weighted by molar-refractivity contribution is -0.110. The number of aromatic carboxylic acids is 1. The van der Waals surface area contributed by atoms with Gasteiger partial charge in [0.2, 0.25) is 0 Å². The largest absolute Gasteiger partial charge is 0.478 e. The summed E-state index contributed by atoms with van der Waals surface area (Å²) in [6, 6.07) is 6.27. The van der Waals surface area contributed by atoms with Gasteiger partial charge in [-0.25, -0.2) is 4.79 Å². The maximum atomic E-state index is 11.0. The second-order valence-corrected chi connectivity index (χ2v) is 3.79. The Kier molecular flexibility index (Phi) is 3.71. The zero-order valence-electron chi connectivity index (χ0n) is 7.69. The van der Waals surface area contributed by atoms with Gasteiger partial charge >= 0.3 is 5.97 Å². The first-order chi connectivity index (χ1) is 6.63. The van der Waals surface area contributed by atoms with E-state index >= 15 is 0 Å². The number of thioether (sulfide) groups is 1. The van der Waals surface area contributed by atoms with Gasteiger partial charge in [0.05, 0.1) is 5.56 Å². The Bertz CT molecular complexity index is 343. The number of carboxylic acids is 1. The van der Waals surface area contributed by atoms with E-state index in [1.54, 1.807) is 19.1 Å². The lowest BCUT2D eigenvalue weighted by Gasteiger charge is -1.98. The van der Waals surface area contributed by atoms with Gasteiger partial charge in [0.1, 0.15) is 0 Å². The van der Waals surface area contributed by atoms with Gasteiger partial charge in [-0.1, -0.05) is 18.7 Å². The van der Waals surface area contributed by atoms with Crippen LogP contribution < -0.4 is 0 Å². The first-order valence-electron chi connectivity index (χ1n) is 4.17. The van der Waals surface area contributed by atoms with Crippen LogP contribution in [0.5, 0.6) is 0 Å². The average Bonchev–Trinajstić information content (AvgIpc) is 2.18. The molecule has 0 heterocycles. The lowest BCUT2D eigenvalue weighted by atomic mass is 10.2. The lowest BCUT2D eigenvalue weighted by Crippen LogP contribution is -1.95. The molecule has 0 bridgehead atoms. The molecule has 0 fully saturated rings. The Morgan fingerprint density at radius 3 is 2.29 bits per heavy atom. The van der Waals surface area contributed by atoms with Crippen LogP contribution in [0.25, 0.3) is 0 Å². The molecule has 14 heavy (non-hydrogen) atoms. The summed E-state index contributed by atoms with van der Waals surface area (Å²) in [5, 5.41) is 8.71. The highest BCUT2D eigenvalue weighted by atomic mass is 32.2. The molecule has 0 saturated carbocycles. The second-order valence-electron chi connectivity index (χ2n) is 2.66. The molecule has 1 N–H and O–H groups in total. The first kappa shape index (κ1) is 10.8. The van der Waals surface area contributed by atoms with Gasteiger partial charge in [0.15, 0.2) is 5.12 Å². The molecule has 0 radical (unpaired) electrons. The van der Waals surface area contributed by atoms with E-state index in [2.05, 4.69) is 0 Å². The van der Waals surface area contributed by atoms with E-state index in [0.717, 1.165) is 16.7 Å². The maximum absolute atomic E-state index is 11.0. The Hall–Kier alpha value is -1.29. The standard InChI is InChI=1S/C10H10O3S/c1-2-9(11)14-8-5-3-7(4-6-8)10(12)13/h3-6H,2H2,1H3,(H,12,13). The third-order valence-electron chi connectivity index (χ3n) is 1.62. The molecular formula is C10H10O3S. The molecule has 0 aliphatic rings. The quantitative estimate of drug-likeness (QED) is 0.778. The number of hydrogen-bond acceptors (Lipinski definition) is 3. The van der Waals surface area contributed by atoms with Crippen molar-refractivity contribution in [3.63, 3.8) is 0 Å². The van der Waals surface area contributed by atoms with Crippen molar-refractivity contribution in [3.05, 3.63) is 29.8 Å². The molecule has 4 heteroatoms. The van der Waals surface area contributed by atoms with Crippen molar-refractivity contribution in [1.29, 1.82) is 0 Å². The summed E-state index contributed by atoms with van der Waals surface area (Å²) in [7, 11) is 0. The summed E-state index contributed by atoms with van der Waals surface area (Å²) >= 11 is 1.13. The first-order valence-corrected chi connectivity index (χ1v) is 4.99. The van der Waals surface area contributed by atoms with Crippen molar-refractivity contribution in [2.24, 2.45) is 0 Å². The van der Waals surface area contributed by atoms with E-state index < -0.39 is 5.97 Å². The molecule has 0 spiro atoms.